The summed E-state index contributed by atoms with van der Waals surface area (Å²) in [7, 11) is 1.49. The molecule has 33 heavy (non-hydrogen) atoms. The van der Waals surface area contributed by atoms with Gasteiger partial charge in [0.1, 0.15) is 12.4 Å². The van der Waals surface area contributed by atoms with Crippen molar-refractivity contribution in [3.63, 3.8) is 0 Å². The Labute approximate surface area is 207 Å². The quantitative estimate of drug-likeness (QED) is 0.308. The lowest BCUT2D eigenvalue weighted by atomic mass is 10.1. The summed E-state index contributed by atoms with van der Waals surface area (Å²) in [6.45, 7) is 0.142. The molecule has 0 spiro atoms. The van der Waals surface area contributed by atoms with Crippen LogP contribution >= 0.6 is 39.3 Å². The fourth-order valence-corrected chi connectivity index (χ4v) is 4.83. The molecule has 0 atom stereocenters. The van der Waals surface area contributed by atoms with Crippen LogP contribution in [-0.4, -0.2) is 18.3 Å². The van der Waals surface area contributed by atoms with Crippen LogP contribution in [0.1, 0.15) is 11.1 Å². The molecule has 1 saturated heterocycles. The zero-order valence-corrected chi connectivity index (χ0v) is 20.3. The first-order valence-electron chi connectivity index (χ1n) is 9.64. The number of hydrogen-bond donors (Lipinski definition) is 0. The van der Waals surface area contributed by atoms with E-state index >= 15 is 0 Å². The van der Waals surface area contributed by atoms with Crippen LogP contribution in [0.15, 0.2) is 70.0 Å². The molecule has 0 unspecified atom stereocenters. The predicted octanol–water partition coefficient (Wildman–Crippen LogP) is 7.07. The summed E-state index contributed by atoms with van der Waals surface area (Å²) >= 11 is 10.5. The number of halogens is 3. The molecule has 1 aliphatic rings. The Balaban J connectivity index is 1.59. The van der Waals surface area contributed by atoms with Gasteiger partial charge < -0.3 is 9.47 Å². The van der Waals surface area contributed by atoms with Gasteiger partial charge in [-0.05, 0) is 81.3 Å². The summed E-state index contributed by atoms with van der Waals surface area (Å²) in [5.74, 6) is 0.0447. The van der Waals surface area contributed by atoms with Gasteiger partial charge in [-0.1, -0.05) is 35.9 Å². The first-order valence-corrected chi connectivity index (χ1v) is 11.6. The molecule has 0 bridgehead atoms. The lowest BCUT2D eigenvalue weighted by Crippen LogP contribution is -2.27. The van der Waals surface area contributed by atoms with Gasteiger partial charge in [-0.15, -0.1) is 0 Å². The average molecular weight is 549 g/mol. The number of methoxy groups -OCH3 is 1. The fraction of sp³-hybridized carbons (Fsp3) is 0.0833. The molecule has 168 valence electrons. The van der Waals surface area contributed by atoms with Crippen LogP contribution in [0, 0.1) is 5.82 Å². The average Bonchev–Trinajstić information content (AvgIpc) is 3.06. The SMILES string of the molecule is COc1cc(/C=C2\SC(=O)N(c3ccccc3Cl)C2=O)cc(Br)c1OCc1cccc(F)c1. The summed E-state index contributed by atoms with van der Waals surface area (Å²) in [4.78, 5) is 26.7. The maximum absolute atomic E-state index is 13.4. The molecule has 1 fully saturated rings. The molecule has 0 aliphatic carbocycles. The smallest absolute Gasteiger partial charge is 0.298 e. The third-order valence-corrected chi connectivity index (χ3v) is 6.49. The van der Waals surface area contributed by atoms with Crippen LogP contribution < -0.4 is 14.4 Å². The van der Waals surface area contributed by atoms with Gasteiger partial charge in [-0.25, -0.2) is 9.29 Å². The normalized spacial score (nSPS) is 14.8. The molecular weight excluding hydrogens is 533 g/mol. The van der Waals surface area contributed by atoms with Crippen molar-refractivity contribution >= 4 is 62.2 Å². The van der Waals surface area contributed by atoms with E-state index in [0.29, 0.717) is 37.8 Å². The van der Waals surface area contributed by atoms with Crippen molar-refractivity contribution in [1.82, 2.24) is 0 Å². The van der Waals surface area contributed by atoms with Gasteiger partial charge in [0.05, 0.1) is 27.2 Å². The predicted molar refractivity (Wildman–Crippen MR) is 131 cm³/mol. The largest absolute Gasteiger partial charge is 0.493 e. The van der Waals surface area contributed by atoms with Crippen molar-refractivity contribution in [1.29, 1.82) is 0 Å². The number of ether oxygens (including phenoxy) is 2. The number of thioether (sulfide) groups is 1. The number of nitrogens with zero attached hydrogens (tertiary/aromatic N) is 1. The third-order valence-electron chi connectivity index (χ3n) is 4.71. The zero-order valence-electron chi connectivity index (χ0n) is 17.2. The second-order valence-corrected chi connectivity index (χ2v) is 9.18. The van der Waals surface area contributed by atoms with Crippen molar-refractivity contribution < 1.29 is 23.5 Å². The van der Waals surface area contributed by atoms with Gasteiger partial charge in [-0.2, -0.15) is 0 Å². The number of benzene rings is 3. The van der Waals surface area contributed by atoms with Crippen molar-refractivity contribution in [2.24, 2.45) is 0 Å². The van der Waals surface area contributed by atoms with Crippen LogP contribution in [0.3, 0.4) is 0 Å². The van der Waals surface area contributed by atoms with E-state index < -0.39 is 11.1 Å². The standard InChI is InChI=1S/C24H16BrClFNO4S/c1-31-20-11-15(10-17(25)22(20)32-13-14-5-4-6-16(27)9-14)12-21-23(29)28(24(30)33-21)19-8-3-2-7-18(19)26/h2-12H,13H2,1H3/b21-12-. The van der Waals surface area contributed by atoms with Crippen molar-refractivity contribution in [3.05, 3.63) is 92.0 Å². The molecule has 0 radical (unpaired) electrons. The number of carbonyl (C=O) groups is 2. The van der Waals surface area contributed by atoms with Crippen molar-refractivity contribution in [2.75, 3.05) is 12.0 Å². The maximum Gasteiger partial charge on any atom is 0.298 e. The molecule has 2 amide bonds. The van der Waals surface area contributed by atoms with E-state index in [1.165, 1.54) is 19.2 Å². The molecule has 0 aromatic heterocycles. The highest BCUT2D eigenvalue weighted by Gasteiger charge is 2.37. The van der Waals surface area contributed by atoms with E-state index in [4.69, 9.17) is 21.1 Å². The zero-order chi connectivity index (χ0) is 23.5. The number of para-hydroxylation sites is 1. The van der Waals surface area contributed by atoms with Gasteiger partial charge in [0.25, 0.3) is 11.1 Å². The molecule has 3 aromatic carbocycles. The number of rotatable bonds is 6. The van der Waals surface area contributed by atoms with Crippen molar-refractivity contribution in [3.8, 4) is 11.5 Å². The molecule has 1 heterocycles. The number of carbonyl (C=O) groups excluding carboxylic acids is 2. The summed E-state index contributed by atoms with van der Waals surface area (Å²) in [5.41, 5.74) is 1.63. The maximum atomic E-state index is 13.4. The lowest BCUT2D eigenvalue weighted by Gasteiger charge is -2.14. The summed E-state index contributed by atoms with van der Waals surface area (Å²) < 4.78 is 25.3. The summed E-state index contributed by atoms with van der Waals surface area (Å²) in [6.07, 6.45) is 1.60. The Morgan fingerprint density at radius 1 is 1.12 bits per heavy atom. The van der Waals surface area contributed by atoms with E-state index in [2.05, 4.69) is 15.9 Å². The van der Waals surface area contributed by atoms with Crippen LogP contribution in [0.4, 0.5) is 14.9 Å². The van der Waals surface area contributed by atoms with Crippen LogP contribution in [0.2, 0.25) is 5.02 Å². The minimum absolute atomic E-state index is 0.142. The second kappa shape index (κ2) is 9.99. The molecule has 4 rings (SSSR count). The molecule has 0 saturated carbocycles. The lowest BCUT2D eigenvalue weighted by molar-refractivity contribution is -0.113. The Hall–Kier alpha value is -2.81. The number of amides is 2. The van der Waals surface area contributed by atoms with E-state index in [9.17, 15) is 14.0 Å². The van der Waals surface area contributed by atoms with Gasteiger partial charge >= 0.3 is 0 Å². The summed E-state index contributed by atoms with van der Waals surface area (Å²) in [6, 6.07) is 16.2. The van der Waals surface area contributed by atoms with E-state index in [0.717, 1.165) is 16.7 Å². The van der Waals surface area contributed by atoms with E-state index in [1.54, 1.807) is 54.6 Å². The topological polar surface area (TPSA) is 55.8 Å². The van der Waals surface area contributed by atoms with Gasteiger partial charge in [0.15, 0.2) is 11.5 Å². The van der Waals surface area contributed by atoms with Gasteiger partial charge in [-0.3, -0.25) is 9.59 Å². The number of imide groups is 1. The monoisotopic (exact) mass is 547 g/mol. The summed E-state index contributed by atoms with van der Waals surface area (Å²) in [5, 5.41) is -0.120. The van der Waals surface area contributed by atoms with Crippen molar-refractivity contribution in [2.45, 2.75) is 6.61 Å². The molecule has 3 aromatic rings. The van der Waals surface area contributed by atoms with Crippen LogP contribution in [0.25, 0.3) is 6.08 Å². The highest BCUT2D eigenvalue weighted by molar-refractivity contribution is 9.10. The van der Waals surface area contributed by atoms with Gasteiger partial charge in [0.2, 0.25) is 0 Å². The number of hydrogen-bond acceptors (Lipinski definition) is 5. The van der Waals surface area contributed by atoms with Gasteiger partial charge in [0, 0.05) is 0 Å². The van der Waals surface area contributed by atoms with Crippen LogP contribution in [-0.2, 0) is 11.4 Å². The molecule has 5 nitrogen and oxygen atoms in total. The molecule has 9 heteroatoms. The highest BCUT2D eigenvalue weighted by atomic mass is 79.9. The Morgan fingerprint density at radius 3 is 2.64 bits per heavy atom. The minimum atomic E-state index is -0.459. The number of anilines is 1. The van der Waals surface area contributed by atoms with E-state index in [-0.39, 0.29) is 17.3 Å². The second-order valence-electron chi connectivity index (χ2n) is 6.92. The Bertz CT molecular complexity index is 1280. The van der Waals surface area contributed by atoms with Crippen LogP contribution in [0.5, 0.6) is 11.5 Å². The fourth-order valence-electron chi connectivity index (χ4n) is 3.21. The molecule has 0 N–H and O–H groups in total. The first-order chi connectivity index (χ1) is 15.9. The first kappa shape index (κ1) is 23.4. The minimum Gasteiger partial charge on any atom is -0.493 e. The third kappa shape index (κ3) is 5.08. The Morgan fingerprint density at radius 2 is 1.91 bits per heavy atom. The van der Waals surface area contributed by atoms with E-state index in [1.807, 2.05) is 0 Å². The molecular formula is C24H16BrClFNO4S. The molecule has 1 aliphatic heterocycles. The Kier molecular flexibility index (Phi) is 7.07. The highest BCUT2D eigenvalue weighted by Crippen LogP contribution is 2.41.